The van der Waals surface area contributed by atoms with Crippen LogP contribution in [0.4, 0.5) is 5.69 Å². The summed E-state index contributed by atoms with van der Waals surface area (Å²) in [5, 5.41) is 0. The van der Waals surface area contributed by atoms with Gasteiger partial charge < -0.3 is 14.2 Å². The highest BCUT2D eigenvalue weighted by molar-refractivity contribution is 6.39. The van der Waals surface area contributed by atoms with E-state index in [1.165, 1.54) is 6.92 Å². The first-order valence-electron chi connectivity index (χ1n) is 17.6. The zero-order chi connectivity index (χ0) is 37.1. The van der Waals surface area contributed by atoms with Crippen LogP contribution in [0.2, 0.25) is 0 Å². The molecule has 0 N–H and O–H groups in total. The number of Topliss-reactive ketones (excluding diaryl/α,β-unsaturated/α-hetero) is 2. The topological polar surface area (TPSA) is 99.2 Å². The van der Waals surface area contributed by atoms with Gasteiger partial charge in [0.1, 0.15) is 17.2 Å². The van der Waals surface area contributed by atoms with Crippen LogP contribution in [0.25, 0.3) is 11.1 Å². The lowest BCUT2D eigenvalue weighted by Gasteiger charge is -2.39. The van der Waals surface area contributed by atoms with E-state index in [1.54, 1.807) is 32.4 Å². The van der Waals surface area contributed by atoms with E-state index in [0.29, 0.717) is 45.1 Å². The molecule has 1 aliphatic heterocycles. The number of carbonyl (C=O) groups excluding carboxylic acids is 4. The number of rotatable bonds is 10. The molecule has 1 heterocycles. The van der Waals surface area contributed by atoms with Gasteiger partial charge in [-0.05, 0) is 89.7 Å². The fourth-order valence-corrected chi connectivity index (χ4v) is 9.07. The smallest absolute Gasteiger partial charge is 0.239 e. The predicted molar refractivity (Wildman–Crippen MR) is 201 cm³/mol. The number of amides is 2. The minimum Gasteiger partial charge on any atom is -0.497 e. The zero-order valence-electron chi connectivity index (χ0n) is 29.8. The first-order chi connectivity index (χ1) is 25.7. The monoisotopic (exact) mass is 703 g/mol. The average Bonchev–Trinajstić information content (AvgIpc) is 3.71. The molecule has 5 aromatic carbocycles. The molecule has 3 aliphatic rings. The Labute approximate surface area is 307 Å². The quantitative estimate of drug-likeness (QED) is 0.110. The summed E-state index contributed by atoms with van der Waals surface area (Å²) in [6, 6.07) is 38.4. The summed E-state index contributed by atoms with van der Waals surface area (Å²) in [6.45, 7) is 3.51. The molecule has 8 nitrogen and oxygen atoms in total. The fourth-order valence-electron chi connectivity index (χ4n) is 9.07. The van der Waals surface area contributed by atoms with Crippen molar-refractivity contribution in [3.63, 3.8) is 0 Å². The molecule has 2 fully saturated rings. The molecule has 0 unspecified atom stereocenters. The standard InChI is InChI=1S/C45H37NO7/c1-5-53-36-25-20-30(27(2)47)26-35(36)46-41(48)39-40(42(46)49)45(32-14-10-7-11-15-32)38(29-18-23-34(52-4)24-19-29)37(28-16-21-33(51-3)22-17-28)44(39,43(45)50)31-12-8-6-9-13-31/h6-26,39-40H,5H2,1-4H3/t39-,40+,44-,45-/m0/s1. The van der Waals surface area contributed by atoms with E-state index in [1.807, 2.05) is 116 Å². The largest absolute Gasteiger partial charge is 0.497 e. The third-order valence-corrected chi connectivity index (χ3v) is 11.1. The predicted octanol–water partition coefficient (Wildman–Crippen LogP) is 7.49. The summed E-state index contributed by atoms with van der Waals surface area (Å²) in [5.41, 5.74) is 1.26. The Morgan fingerprint density at radius 1 is 0.642 bits per heavy atom. The minimum atomic E-state index is -1.60. The van der Waals surface area contributed by atoms with Crippen LogP contribution in [-0.2, 0) is 25.2 Å². The molecular weight excluding hydrogens is 666 g/mol. The normalized spacial score (nSPS) is 23.0. The second-order valence-corrected chi connectivity index (χ2v) is 13.5. The van der Waals surface area contributed by atoms with Crippen LogP contribution >= 0.6 is 0 Å². The zero-order valence-corrected chi connectivity index (χ0v) is 29.8. The molecule has 4 atom stereocenters. The molecule has 1 saturated heterocycles. The van der Waals surface area contributed by atoms with E-state index in [4.69, 9.17) is 14.2 Å². The molecule has 5 aromatic rings. The van der Waals surface area contributed by atoms with Crippen LogP contribution in [0, 0.1) is 11.8 Å². The number of benzene rings is 5. The lowest BCUT2D eigenvalue weighted by molar-refractivity contribution is -0.130. The van der Waals surface area contributed by atoms with Gasteiger partial charge in [-0.15, -0.1) is 0 Å². The number of methoxy groups -OCH3 is 2. The maximum Gasteiger partial charge on any atom is 0.239 e. The summed E-state index contributed by atoms with van der Waals surface area (Å²) in [5.74, 6) is -2.25. The Balaban J connectivity index is 1.52. The highest BCUT2D eigenvalue weighted by Crippen LogP contribution is 2.74. The van der Waals surface area contributed by atoms with Crippen LogP contribution in [0.5, 0.6) is 17.2 Å². The molecule has 8 heteroatoms. The number of fused-ring (bicyclic) bond motifs is 5. The summed E-state index contributed by atoms with van der Waals surface area (Å²) < 4.78 is 17.0. The first kappa shape index (κ1) is 33.8. The van der Waals surface area contributed by atoms with Crippen LogP contribution in [0.1, 0.15) is 46.5 Å². The minimum absolute atomic E-state index is 0.180. The number of carbonyl (C=O) groups is 4. The van der Waals surface area contributed by atoms with Gasteiger partial charge in [-0.25, -0.2) is 4.90 Å². The van der Waals surface area contributed by atoms with Gasteiger partial charge in [0.25, 0.3) is 0 Å². The number of allylic oxidation sites excluding steroid dienone is 2. The van der Waals surface area contributed by atoms with Crippen molar-refractivity contribution in [1.29, 1.82) is 0 Å². The molecule has 264 valence electrons. The van der Waals surface area contributed by atoms with Crippen molar-refractivity contribution in [3.8, 4) is 17.2 Å². The van der Waals surface area contributed by atoms with Crippen molar-refractivity contribution in [2.24, 2.45) is 11.8 Å². The number of ether oxygens (including phenoxy) is 3. The highest BCUT2D eigenvalue weighted by Gasteiger charge is 2.83. The molecule has 0 aromatic heterocycles. The van der Waals surface area contributed by atoms with Gasteiger partial charge >= 0.3 is 0 Å². The van der Waals surface area contributed by atoms with Gasteiger partial charge in [-0.3, -0.25) is 19.2 Å². The van der Waals surface area contributed by atoms with Gasteiger partial charge in [-0.2, -0.15) is 0 Å². The molecule has 1 saturated carbocycles. The summed E-state index contributed by atoms with van der Waals surface area (Å²) in [7, 11) is 3.18. The van der Waals surface area contributed by atoms with E-state index in [-0.39, 0.29) is 23.9 Å². The fraction of sp³-hybridized carbons (Fsp3) is 0.200. The molecule has 0 spiro atoms. The van der Waals surface area contributed by atoms with Crippen molar-refractivity contribution < 1.29 is 33.4 Å². The van der Waals surface area contributed by atoms with Crippen molar-refractivity contribution in [1.82, 2.24) is 0 Å². The molecule has 2 aliphatic carbocycles. The van der Waals surface area contributed by atoms with E-state index in [0.717, 1.165) is 16.0 Å². The maximum atomic E-state index is 16.2. The third-order valence-electron chi connectivity index (χ3n) is 11.1. The Bertz CT molecular complexity index is 2190. The van der Waals surface area contributed by atoms with E-state index >= 15 is 14.4 Å². The van der Waals surface area contributed by atoms with E-state index in [9.17, 15) is 4.79 Å². The third kappa shape index (κ3) is 4.61. The van der Waals surface area contributed by atoms with Crippen LogP contribution in [0.15, 0.2) is 127 Å². The van der Waals surface area contributed by atoms with Crippen molar-refractivity contribution in [2.45, 2.75) is 24.7 Å². The number of anilines is 1. The molecule has 53 heavy (non-hydrogen) atoms. The summed E-state index contributed by atoms with van der Waals surface area (Å²) in [4.78, 5) is 61.0. The average molecular weight is 704 g/mol. The summed E-state index contributed by atoms with van der Waals surface area (Å²) >= 11 is 0. The van der Waals surface area contributed by atoms with Gasteiger partial charge in [0, 0.05) is 5.56 Å². The molecule has 8 rings (SSSR count). The molecule has 0 radical (unpaired) electrons. The lowest BCUT2D eigenvalue weighted by Crippen LogP contribution is -2.45. The molecular formula is C45H37NO7. The summed E-state index contributed by atoms with van der Waals surface area (Å²) in [6.07, 6.45) is 0. The lowest BCUT2D eigenvalue weighted by atomic mass is 9.59. The van der Waals surface area contributed by atoms with Crippen molar-refractivity contribution >= 4 is 40.2 Å². The van der Waals surface area contributed by atoms with Crippen molar-refractivity contribution in [3.05, 3.63) is 155 Å². The second-order valence-electron chi connectivity index (χ2n) is 13.5. The highest BCUT2D eigenvalue weighted by atomic mass is 16.5. The number of hydrogen-bond donors (Lipinski definition) is 0. The maximum absolute atomic E-state index is 16.2. The van der Waals surface area contributed by atoms with Crippen LogP contribution in [0.3, 0.4) is 0 Å². The molecule has 2 bridgehead atoms. The van der Waals surface area contributed by atoms with Gasteiger partial charge in [0.05, 0.1) is 49.2 Å². The van der Waals surface area contributed by atoms with E-state index in [2.05, 4.69) is 0 Å². The Morgan fingerprint density at radius 3 is 1.49 bits per heavy atom. The first-order valence-corrected chi connectivity index (χ1v) is 17.6. The van der Waals surface area contributed by atoms with E-state index < -0.39 is 34.5 Å². The second kappa shape index (κ2) is 12.7. The number of ketones is 2. The Hall–Kier alpha value is -6.28. The number of hydrogen-bond acceptors (Lipinski definition) is 7. The van der Waals surface area contributed by atoms with Gasteiger partial charge in [0.2, 0.25) is 11.8 Å². The Kier molecular flexibility index (Phi) is 8.13. The van der Waals surface area contributed by atoms with Gasteiger partial charge in [-0.1, -0.05) is 84.9 Å². The molecule has 2 amide bonds. The van der Waals surface area contributed by atoms with Crippen LogP contribution < -0.4 is 19.1 Å². The number of nitrogens with zero attached hydrogens (tertiary/aromatic N) is 1. The van der Waals surface area contributed by atoms with Gasteiger partial charge in [0.15, 0.2) is 11.6 Å². The van der Waals surface area contributed by atoms with Crippen LogP contribution in [-0.4, -0.2) is 44.2 Å². The number of imide groups is 1. The Morgan fingerprint density at radius 2 is 1.09 bits per heavy atom. The van der Waals surface area contributed by atoms with Crippen molar-refractivity contribution in [2.75, 3.05) is 25.7 Å². The SMILES string of the molecule is CCOc1ccc(C(C)=O)cc1N1C(=O)[C@@H]2[C@H](C1=O)[C@@]1(c3ccccc3)C(=O)[C@@]2(c2ccccc2)C(c2ccc(OC)cc2)=C1c1ccc(OC)cc1.